The zero-order chi connectivity index (χ0) is 35.3. The van der Waals surface area contributed by atoms with E-state index in [4.69, 9.17) is 0 Å². The molecule has 53 heavy (non-hydrogen) atoms. The number of fused-ring (bicyclic) bond motifs is 10. The molecule has 0 saturated heterocycles. The van der Waals surface area contributed by atoms with Crippen molar-refractivity contribution in [3.8, 4) is 44.5 Å². The highest BCUT2D eigenvalue weighted by Gasteiger charge is 2.40. The van der Waals surface area contributed by atoms with Crippen LogP contribution in [0.25, 0.3) is 93.7 Å². The molecule has 0 aliphatic heterocycles. The van der Waals surface area contributed by atoms with Gasteiger partial charge in [-0.15, -0.1) is 0 Å². The third-order valence-corrected chi connectivity index (χ3v) is 12.3. The average molecular weight is 675 g/mol. The van der Waals surface area contributed by atoms with E-state index in [9.17, 15) is 0 Å². The van der Waals surface area contributed by atoms with Crippen LogP contribution in [0.2, 0.25) is 0 Å². The summed E-state index contributed by atoms with van der Waals surface area (Å²) < 4.78 is 0. The van der Waals surface area contributed by atoms with Gasteiger partial charge in [-0.2, -0.15) is 0 Å². The molecule has 0 radical (unpaired) electrons. The van der Waals surface area contributed by atoms with Gasteiger partial charge in [0, 0.05) is 5.41 Å². The Hall–Kier alpha value is -6.24. The summed E-state index contributed by atoms with van der Waals surface area (Å²) in [5, 5.41) is 10.4. The molecule has 0 heteroatoms. The second kappa shape index (κ2) is 11.4. The van der Waals surface area contributed by atoms with Crippen LogP contribution in [-0.4, -0.2) is 0 Å². The van der Waals surface area contributed by atoms with Crippen LogP contribution >= 0.6 is 0 Å². The lowest BCUT2D eigenvalue weighted by atomic mass is 9.77. The first-order chi connectivity index (χ1) is 26.1. The van der Waals surface area contributed by atoms with Gasteiger partial charge < -0.3 is 0 Å². The predicted octanol–water partition coefficient (Wildman–Crippen LogP) is 14.6. The Bertz CT molecular complexity index is 2950. The van der Waals surface area contributed by atoms with Crippen LogP contribution in [0, 0.1) is 0 Å². The van der Waals surface area contributed by atoms with E-state index in [0.29, 0.717) is 0 Å². The number of allylic oxidation sites excluding steroid dienone is 1. The van der Waals surface area contributed by atoms with Crippen molar-refractivity contribution >= 4 is 49.2 Å². The number of hydrogen-bond acceptors (Lipinski definition) is 0. The number of rotatable bonds is 3. The summed E-state index contributed by atoms with van der Waals surface area (Å²) in [6.07, 6.45) is 6.95. The van der Waals surface area contributed by atoms with E-state index in [1.807, 2.05) is 0 Å². The van der Waals surface area contributed by atoms with Crippen LogP contribution < -0.4 is 0 Å². The maximum Gasteiger partial charge on any atom is 0.0159 e. The SMILES string of the molecule is CC1(C)c2cc(-c3cccc4ccccc34)c3c(c2-c2c1cc(-c1c4ccccc4c(-c4ccccc4)c4ccccc14)c1ccccc21)C=CCC3. The quantitative estimate of drug-likeness (QED) is 0.164. The summed E-state index contributed by atoms with van der Waals surface area (Å²) >= 11 is 0. The van der Waals surface area contributed by atoms with Crippen LogP contribution in [0.5, 0.6) is 0 Å². The highest BCUT2D eigenvalue weighted by atomic mass is 14.4. The Morgan fingerprint density at radius 1 is 0.415 bits per heavy atom. The molecule has 0 N–H and O–H groups in total. The Labute approximate surface area is 310 Å². The second-order valence-electron chi connectivity index (χ2n) is 15.4. The third-order valence-electron chi connectivity index (χ3n) is 12.3. The van der Waals surface area contributed by atoms with E-state index in [1.54, 1.807) is 0 Å². The molecule has 0 unspecified atom stereocenters. The Balaban J connectivity index is 1.24. The fourth-order valence-corrected chi connectivity index (χ4v) is 9.91. The van der Waals surface area contributed by atoms with Gasteiger partial charge in [0.1, 0.15) is 0 Å². The lowest BCUT2D eigenvalue weighted by molar-refractivity contribution is 0.661. The summed E-state index contributed by atoms with van der Waals surface area (Å²) in [5.74, 6) is 0. The summed E-state index contributed by atoms with van der Waals surface area (Å²) in [6, 6.07) is 59.0. The molecular weight excluding hydrogens is 637 g/mol. The smallest absolute Gasteiger partial charge is 0.0159 e. The second-order valence-corrected chi connectivity index (χ2v) is 15.4. The normalized spacial score (nSPS) is 14.2. The third kappa shape index (κ3) is 4.30. The Kier molecular flexibility index (Phi) is 6.53. The zero-order valence-electron chi connectivity index (χ0n) is 30.1. The lowest BCUT2D eigenvalue weighted by Crippen LogP contribution is -2.16. The summed E-state index contributed by atoms with van der Waals surface area (Å²) in [5.41, 5.74) is 16.3. The van der Waals surface area contributed by atoms with E-state index in [-0.39, 0.29) is 5.41 Å². The molecule has 2 aliphatic carbocycles. The topological polar surface area (TPSA) is 0 Å². The van der Waals surface area contributed by atoms with Crippen LogP contribution in [0.15, 0.2) is 164 Å². The predicted molar refractivity (Wildman–Crippen MR) is 228 cm³/mol. The molecule has 0 nitrogen and oxygen atoms in total. The van der Waals surface area contributed by atoms with Crippen molar-refractivity contribution in [2.24, 2.45) is 0 Å². The van der Waals surface area contributed by atoms with Crippen molar-refractivity contribution in [1.82, 2.24) is 0 Å². The first-order valence-corrected chi connectivity index (χ1v) is 19.0. The van der Waals surface area contributed by atoms with Gasteiger partial charge in [-0.05, 0) is 135 Å². The highest BCUT2D eigenvalue weighted by Crippen LogP contribution is 2.58. The minimum atomic E-state index is -0.210. The zero-order valence-corrected chi connectivity index (χ0v) is 30.1. The molecule has 0 spiro atoms. The molecule has 0 bridgehead atoms. The Morgan fingerprint density at radius 2 is 0.943 bits per heavy atom. The highest BCUT2D eigenvalue weighted by molar-refractivity contribution is 6.25. The van der Waals surface area contributed by atoms with Gasteiger partial charge in [0.2, 0.25) is 0 Å². The van der Waals surface area contributed by atoms with Gasteiger partial charge in [0.15, 0.2) is 0 Å². The van der Waals surface area contributed by atoms with Crippen LogP contribution in [0.4, 0.5) is 0 Å². The molecule has 0 amide bonds. The largest absolute Gasteiger partial charge is 0.0836 e. The molecule has 9 aromatic carbocycles. The summed E-state index contributed by atoms with van der Waals surface area (Å²) in [7, 11) is 0. The monoisotopic (exact) mass is 674 g/mol. The number of hydrogen-bond donors (Lipinski definition) is 0. The first kappa shape index (κ1) is 30.4. The molecule has 250 valence electrons. The summed E-state index contributed by atoms with van der Waals surface area (Å²) in [4.78, 5) is 0. The van der Waals surface area contributed by atoms with Crippen molar-refractivity contribution in [3.05, 3.63) is 186 Å². The maximum atomic E-state index is 2.57. The van der Waals surface area contributed by atoms with Crippen molar-refractivity contribution in [2.45, 2.75) is 32.1 Å². The molecule has 2 aliphatic rings. The first-order valence-electron chi connectivity index (χ1n) is 19.0. The summed E-state index contributed by atoms with van der Waals surface area (Å²) in [6.45, 7) is 4.91. The molecule has 0 heterocycles. The van der Waals surface area contributed by atoms with Gasteiger partial charge >= 0.3 is 0 Å². The maximum absolute atomic E-state index is 2.57. The van der Waals surface area contributed by atoms with E-state index in [1.165, 1.54) is 110 Å². The van der Waals surface area contributed by atoms with Crippen LogP contribution in [0.1, 0.15) is 42.5 Å². The van der Waals surface area contributed by atoms with Gasteiger partial charge in [-0.3, -0.25) is 0 Å². The minimum Gasteiger partial charge on any atom is -0.0836 e. The fourth-order valence-electron chi connectivity index (χ4n) is 9.91. The van der Waals surface area contributed by atoms with Gasteiger partial charge in [0.25, 0.3) is 0 Å². The number of benzene rings is 9. The van der Waals surface area contributed by atoms with Crippen LogP contribution in [0.3, 0.4) is 0 Å². The molecule has 9 aromatic rings. The van der Waals surface area contributed by atoms with E-state index < -0.39 is 0 Å². The van der Waals surface area contributed by atoms with Crippen molar-refractivity contribution in [2.75, 3.05) is 0 Å². The molecule has 0 saturated carbocycles. The van der Waals surface area contributed by atoms with E-state index in [2.05, 4.69) is 184 Å². The van der Waals surface area contributed by atoms with Crippen LogP contribution in [-0.2, 0) is 11.8 Å². The molecule has 11 rings (SSSR count). The van der Waals surface area contributed by atoms with E-state index >= 15 is 0 Å². The van der Waals surface area contributed by atoms with Crippen molar-refractivity contribution in [1.29, 1.82) is 0 Å². The average Bonchev–Trinajstić information content (AvgIpc) is 3.45. The van der Waals surface area contributed by atoms with Crippen molar-refractivity contribution < 1.29 is 0 Å². The minimum absolute atomic E-state index is 0.210. The lowest BCUT2D eigenvalue weighted by Gasteiger charge is -2.26. The molecular formula is C53H38. The molecule has 0 aromatic heterocycles. The van der Waals surface area contributed by atoms with Crippen molar-refractivity contribution in [3.63, 3.8) is 0 Å². The fraction of sp³-hybridized carbons (Fsp3) is 0.0943. The molecule has 0 fully saturated rings. The van der Waals surface area contributed by atoms with Gasteiger partial charge in [0.05, 0.1) is 0 Å². The van der Waals surface area contributed by atoms with Gasteiger partial charge in [-0.1, -0.05) is 172 Å². The Morgan fingerprint density at radius 3 is 1.64 bits per heavy atom. The van der Waals surface area contributed by atoms with Gasteiger partial charge in [-0.25, -0.2) is 0 Å². The van der Waals surface area contributed by atoms with E-state index in [0.717, 1.165) is 12.8 Å². The molecule has 0 atom stereocenters. The standard InChI is InChI=1S/C53H38/c1-53(2)47-31-45(36-30-16-20-33-17-6-7-21-35(33)36)37-22-8-10-24-39(37)51(47)52-40-25-11-9-23-38(40)46(32-48(52)53)50-43-28-14-12-26-41(43)49(34-18-4-3-5-19-34)42-27-13-15-29-44(42)50/h3-7,9-21,23-32H,8,22H2,1-2H3.